The van der Waals surface area contributed by atoms with Gasteiger partial charge in [0.1, 0.15) is 11.5 Å². The van der Waals surface area contributed by atoms with Gasteiger partial charge < -0.3 is 11.1 Å². The van der Waals surface area contributed by atoms with Gasteiger partial charge in [0.05, 0.1) is 11.1 Å². The molecule has 8 nitrogen and oxygen atoms in total. The number of hydrogen-bond acceptors (Lipinski definition) is 5. The maximum absolute atomic E-state index is 11.9. The van der Waals surface area contributed by atoms with Gasteiger partial charge >= 0.3 is 0 Å². The quantitative estimate of drug-likeness (QED) is 0.488. The zero-order valence-corrected chi connectivity index (χ0v) is 10.0. The van der Waals surface area contributed by atoms with Crippen LogP contribution in [0.4, 0.5) is 17.2 Å². The smallest absolute Gasteiger partial charge is 0.292 e. The molecule has 0 fully saturated rings. The number of nitro benzene ring substituents is 1. The first-order valence-electron chi connectivity index (χ1n) is 5.32. The number of aromatic nitrogens is 2. The summed E-state index contributed by atoms with van der Waals surface area (Å²) in [6.07, 6.45) is 1.54. The van der Waals surface area contributed by atoms with E-state index in [-0.39, 0.29) is 16.9 Å². The zero-order valence-electron chi connectivity index (χ0n) is 10.0. The average Bonchev–Trinajstić information content (AvgIpc) is 2.74. The molecule has 1 aromatic heterocycles. The lowest BCUT2D eigenvalue weighted by Gasteiger charge is -2.06. The molecule has 1 heterocycles. The third kappa shape index (κ3) is 2.51. The molecule has 19 heavy (non-hydrogen) atoms. The molecule has 8 heteroatoms. The normalized spacial score (nSPS) is 10.2. The standard InChI is InChI=1S/C11H11N5O3/c1-15-10(4-5-13-15)14-11(17)7-2-3-9(16(18)19)8(12)6-7/h2-6H,12H2,1H3,(H,14,17). The number of anilines is 2. The Morgan fingerprint density at radius 3 is 2.74 bits per heavy atom. The van der Waals surface area contributed by atoms with E-state index < -0.39 is 10.8 Å². The zero-order chi connectivity index (χ0) is 14.0. The van der Waals surface area contributed by atoms with E-state index in [1.54, 1.807) is 19.3 Å². The molecule has 2 aromatic rings. The first kappa shape index (κ1) is 12.6. The molecule has 1 amide bonds. The number of nitrogens with zero attached hydrogens (tertiary/aromatic N) is 3. The number of carbonyl (C=O) groups is 1. The molecule has 0 aliphatic carbocycles. The predicted octanol–water partition coefficient (Wildman–Crippen LogP) is 1.16. The number of benzene rings is 1. The first-order valence-corrected chi connectivity index (χ1v) is 5.32. The van der Waals surface area contributed by atoms with Gasteiger partial charge in [-0.15, -0.1) is 0 Å². The highest BCUT2D eigenvalue weighted by Crippen LogP contribution is 2.22. The molecule has 98 valence electrons. The van der Waals surface area contributed by atoms with Crippen LogP contribution in [0.1, 0.15) is 10.4 Å². The Hall–Kier alpha value is -2.90. The van der Waals surface area contributed by atoms with E-state index in [0.717, 1.165) is 0 Å². The van der Waals surface area contributed by atoms with E-state index in [0.29, 0.717) is 5.82 Å². The first-order chi connectivity index (χ1) is 8.99. The minimum absolute atomic E-state index is 0.0531. The third-order valence-corrected chi connectivity index (χ3v) is 2.55. The minimum atomic E-state index is -0.599. The Labute approximate surface area is 108 Å². The molecule has 0 spiro atoms. The number of hydrogen-bond donors (Lipinski definition) is 2. The summed E-state index contributed by atoms with van der Waals surface area (Å²) in [6.45, 7) is 0. The van der Waals surface area contributed by atoms with Crippen molar-refractivity contribution in [2.45, 2.75) is 0 Å². The van der Waals surface area contributed by atoms with Crippen molar-refractivity contribution in [3.63, 3.8) is 0 Å². The monoisotopic (exact) mass is 261 g/mol. The lowest BCUT2D eigenvalue weighted by atomic mass is 10.1. The van der Waals surface area contributed by atoms with Gasteiger partial charge in [-0.1, -0.05) is 0 Å². The van der Waals surface area contributed by atoms with Gasteiger partial charge in [0.2, 0.25) is 0 Å². The summed E-state index contributed by atoms with van der Waals surface area (Å²) in [7, 11) is 1.68. The molecule has 0 saturated carbocycles. The van der Waals surface area contributed by atoms with Crippen molar-refractivity contribution in [3.8, 4) is 0 Å². The fourth-order valence-electron chi connectivity index (χ4n) is 1.55. The van der Waals surface area contributed by atoms with Crippen molar-refractivity contribution in [2.75, 3.05) is 11.1 Å². The number of rotatable bonds is 3. The molecule has 0 unspecified atom stereocenters. The molecule has 3 N–H and O–H groups in total. The SMILES string of the molecule is Cn1nccc1NC(=O)c1ccc([N+](=O)[O-])c(N)c1. The number of amides is 1. The summed E-state index contributed by atoms with van der Waals surface area (Å²) >= 11 is 0. The predicted molar refractivity (Wildman–Crippen MR) is 68.7 cm³/mol. The summed E-state index contributed by atoms with van der Waals surface area (Å²) < 4.78 is 1.49. The van der Waals surface area contributed by atoms with E-state index in [9.17, 15) is 14.9 Å². The maximum Gasteiger partial charge on any atom is 0.292 e. The van der Waals surface area contributed by atoms with E-state index in [4.69, 9.17) is 5.73 Å². The van der Waals surface area contributed by atoms with Crippen molar-refractivity contribution >= 4 is 23.1 Å². The molecule has 0 aliphatic rings. The highest BCUT2D eigenvalue weighted by atomic mass is 16.6. The maximum atomic E-state index is 11.9. The van der Waals surface area contributed by atoms with Crippen molar-refractivity contribution in [1.82, 2.24) is 9.78 Å². The van der Waals surface area contributed by atoms with Crippen LogP contribution >= 0.6 is 0 Å². The Bertz CT molecular complexity index is 650. The molecule has 0 bridgehead atoms. The van der Waals surface area contributed by atoms with Gasteiger partial charge in [-0.2, -0.15) is 5.10 Å². The van der Waals surface area contributed by atoms with Crippen molar-refractivity contribution in [1.29, 1.82) is 0 Å². The van der Waals surface area contributed by atoms with Gasteiger partial charge in [0.15, 0.2) is 0 Å². The summed E-state index contributed by atoms with van der Waals surface area (Å²) in [4.78, 5) is 21.9. The van der Waals surface area contributed by atoms with Crippen LogP contribution in [-0.4, -0.2) is 20.6 Å². The Kier molecular flexibility index (Phi) is 3.15. The number of carbonyl (C=O) groups excluding carboxylic acids is 1. The lowest BCUT2D eigenvalue weighted by molar-refractivity contribution is -0.383. The third-order valence-electron chi connectivity index (χ3n) is 2.55. The molecule has 0 atom stereocenters. The highest BCUT2D eigenvalue weighted by Gasteiger charge is 2.15. The van der Waals surface area contributed by atoms with Gasteiger partial charge in [-0.25, -0.2) is 0 Å². The highest BCUT2D eigenvalue weighted by molar-refractivity contribution is 6.04. The summed E-state index contributed by atoms with van der Waals surface area (Å²) in [6, 6.07) is 5.45. The van der Waals surface area contributed by atoms with Crippen LogP contribution < -0.4 is 11.1 Å². The molecule has 2 rings (SSSR count). The fourth-order valence-corrected chi connectivity index (χ4v) is 1.55. The second kappa shape index (κ2) is 4.77. The molecule has 1 aromatic carbocycles. The molecule has 0 radical (unpaired) electrons. The Morgan fingerprint density at radius 2 is 2.21 bits per heavy atom. The largest absolute Gasteiger partial charge is 0.393 e. The molecular formula is C11H11N5O3. The van der Waals surface area contributed by atoms with Crippen molar-refractivity contribution in [2.24, 2.45) is 7.05 Å². The van der Waals surface area contributed by atoms with E-state index in [1.165, 1.54) is 22.9 Å². The molecular weight excluding hydrogens is 250 g/mol. The van der Waals surface area contributed by atoms with E-state index in [1.807, 2.05) is 0 Å². The van der Waals surface area contributed by atoms with Crippen LogP contribution in [0.3, 0.4) is 0 Å². The van der Waals surface area contributed by atoms with Gasteiger partial charge in [0.25, 0.3) is 11.6 Å². The second-order valence-corrected chi connectivity index (χ2v) is 3.82. The number of nitrogen functional groups attached to an aromatic ring is 1. The van der Waals surface area contributed by atoms with Crippen LogP contribution in [-0.2, 0) is 7.05 Å². The van der Waals surface area contributed by atoms with E-state index >= 15 is 0 Å². The van der Waals surface area contributed by atoms with Crippen LogP contribution in [0.15, 0.2) is 30.5 Å². The van der Waals surface area contributed by atoms with Gasteiger partial charge in [-0.3, -0.25) is 19.6 Å². The second-order valence-electron chi connectivity index (χ2n) is 3.82. The number of nitrogens with two attached hydrogens (primary N) is 1. The summed E-state index contributed by atoms with van der Waals surface area (Å²) in [5, 5.41) is 17.1. The minimum Gasteiger partial charge on any atom is -0.393 e. The van der Waals surface area contributed by atoms with Crippen LogP contribution in [0.25, 0.3) is 0 Å². The van der Waals surface area contributed by atoms with Crippen LogP contribution in [0, 0.1) is 10.1 Å². The van der Waals surface area contributed by atoms with Gasteiger partial charge in [0, 0.05) is 24.7 Å². The van der Waals surface area contributed by atoms with Gasteiger partial charge in [-0.05, 0) is 12.1 Å². The number of aryl methyl sites for hydroxylation is 1. The average molecular weight is 261 g/mol. The number of nitro groups is 1. The topological polar surface area (TPSA) is 116 Å². The van der Waals surface area contributed by atoms with E-state index in [2.05, 4.69) is 10.4 Å². The van der Waals surface area contributed by atoms with Crippen molar-refractivity contribution < 1.29 is 9.72 Å². The lowest BCUT2D eigenvalue weighted by Crippen LogP contribution is -2.15. The van der Waals surface area contributed by atoms with Crippen LogP contribution in [0.5, 0.6) is 0 Å². The molecule has 0 saturated heterocycles. The molecule has 0 aliphatic heterocycles. The Balaban J connectivity index is 2.23. The summed E-state index contributed by atoms with van der Waals surface area (Å²) in [5.41, 5.74) is 5.49. The fraction of sp³-hybridized carbons (Fsp3) is 0.0909. The Morgan fingerprint density at radius 1 is 1.47 bits per heavy atom. The summed E-state index contributed by atoms with van der Waals surface area (Å²) in [5.74, 6) is 0.104. The number of nitrogens with one attached hydrogen (secondary N) is 1. The van der Waals surface area contributed by atoms with Crippen LogP contribution in [0.2, 0.25) is 0 Å². The van der Waals surface area contributed by atoms with Crippen molar-refractivity contribution in [3.05, 3.63) is 46.1 Å².